The normalized spacial score (nSPS) is 20.6. The first-order valence-corrected chi connectivity index (χ1v) is 8.34. The molecule has 1 aromatic carbocycles. The zero-order valence-electron chi connectivity index (χ0n) is 14.4. The number of hydrogen-bond donors (Lipinski definition) is 2. The Labute approximate surface area is 146 Å². The van der Waals surface area contributed by atoms with Crippen LogP contribution >= 0.6 is 0 Å². The predicted molar refractivity (Wildman–Crippen MR) is 92.4 cm³/mol. The molecule has 0 spiro atoms. The van der Waals surface area contributed by atoms with Crippen LogP contribution in [0.25, 0.3) is 0 Å². The van der Waals surface area contributed by atoms with E-state index in [4.69, 9.17) is 9.26 Å². The minimum Gasteiger partial charge on any atom is -0.497 e. The summed E-state index contributed by atoms with van der Waals surface area (Å²) in [6, 6.07) is 9.59. The number of anilines is 1. The van der Waals surface area contributed by atoms with Crippen molar-refractivity contribution in [2.45, 2.75) is 31.9 Å². The Morgan fingerprint density at radius 2 is 2.32 bits per heavy atom. The molecule has 2 atom stereocenters. The SMILES string of the molecule is COc1cccc(C2CC(O)CN2CCC(=O)Nc2cc(C)on2)c1. The molecule has 0 aliphatic carbocycles. The predicted octanol–water partition coefficient (Wildman–Crippen LogP) is 2.13. The third-order valence-corrected chi connectivity index (χ3v) is 4.38. The Kier molecular flexibility index (Phi) is 5.35. The van der Waals surface area contributed by atoms with Crippen LogP contribution < -0.4 is 10.1 Å². The Bertz CT molecular complexity index is 731. The van der Waals surface area contributed by atoms with Gasteiger partial charge >= 0.3 is 0 Å². The quantitative estimate of drug-likeness (QED) is 0.834. The van der Waals surface area contributed by atoms with E-state index in [-0.39, 0.29) is 11.9 Å². The Morgan fingerprint density at radius 3 is 3.04 bits per heavy atom. The lowest BCUT2D eigenvalue weighted by Gasteiger charge is -2.24. The van der Waals surface area contributed by atoms with Crippen LogP contribution in [0, 0.1) is 6.92 Å². The van der Waals surface area contributed by atoms with Crippen LogP contribution in [0.2, 0.25) is 0 Å². The minimum atomic E-state index is -0.391. The molecule has 0 bridgehead atoms. The minimum absolute atomic E-state index is 0.0761. The van der Waals surface area contributed by atoms with Gasteiger partial charge in [0.2, 0.25) is 5.91 Å². The maximum Gasteiger partial charge on any atom is 0.226 e. The number of rotatable bonds is 6. The number of carbonyl (C=O) groups is 1. The van der Waals surface area contributed by atoms with Crippen molar-refractivity contribution < 1.29 is 19.2 Å². The molecule has 1 aliphatic heterocycles. The van der Waals surface area contributed by atoms with E-state index in [1.54, 1.807) is 20.1 Å². The fourth-order valence-electron chi connectivity index (χ4n) is 3.20. The summed E-state index contributed by atoms with van der Waals surface area (Å²) < 4.78 is 10.2. The lowest BCUT2D eigenvalue weighted by Crippen LogP contribution is -2.29. The molecule has 3 rings (SSSR count). The molecule has 2 heterocycles. The summed E-state index contributed by atoms with van der Waals surface area (Å²) in [7, 11) is 1.64. The summed E-state index contributed by atoms with van der Waals surface area (Å²) in [5, 5.41) is 16.5. The van der Waals surface area contributed by atoms with Crippen LogP contribution in [0.3, 0.4) is 0 Å². The number of aliphatic hydroxyl groups excluding tert-OH is 1. The highest BCUT2D eigenvalue weighted by atomic mass is 16.5. The van der Waals surface area contributed by atoms with Crippen LogP contribution in [0.5, 0.6) is 5.75 Å². The largest absolute Gasteiger partial charge is 0.497 e. The number of likely N-dealkylation sites (tertiary alicyclic amines) is 1. The molecule has 1 amide bonds. The molecular weight excluding hydrogens is 322 g/mol. The zero-order chi connectivity index (χ0) is 17.8. The van der Waals surface area contributed by atoms with Gasteiger partial charge in [0, 0.05) is 31.6 Å². The number of carbonyl (C=O) groups excluding carboxylic acids is 1. The van der Waals surface area contributed by atoms with E-state index in [1.807, 2.05) is 24.3 Å². The first-order chi connectivity index (χ1) is 12.0. The highest BCUT2D eigenvalue weighted by Gasteiger charge is 2.32. The van der Waals surface area contributed by atoms with Crippen molar-refractivity contribution in [2.24, 2.45) is 0 Å². The van der Waals surface area contributed by atoms with Gasteiger partial charge in [-0.25, -0.2) is 0 Å². The first-order valence-electron chi connectivity index (χ1n) is 8.34. The number of nitrogens with one attached hydrogen (secondary N) is 1. The number of β-amino-alcohol motifs (C(OH)–C–C–N with tert-alkyl or cyclic N) is 1. The van der Waals surface area contributed by atoms with Crippen molar-refractivity contribution in [1.82, 2.24) is 10.1 Å². The molecule has 7 nitrogen and oxygen atoms in total. The van der Waals surface area contributed by atoms with E-state index < -0.39 is 6.10 Å². The lowest BCUT2D eigenvalue weighted by atomic mass is 10.0. The zero-order valence-corrected chi connectivity index (χ0v) is 14.4. The monoisotopic (exact) mass is 345 g/mol. The number of nitrogens with zero attached hydrogens (tertiary/aromatic N) is 2. The van der Waals surface area contributed by atoms with E-state index in [2.05, 4.69) is 15.4 Å². The van der Waals surface area contributed by atoms with Gasteiger partial charge in [-0.2, -0.15) is 0 Å². The van der Waals surface area contributed by atoms with Crippen LogP contribution in [0.4, 0.5) is 5.82 Å². The first kappa shape index (κ1) is 17.4. The molecule has 0 radical (unpaired) electrons. The lowest BCUT2D eigenvalue weighted by molar-refractivity contribution is -0.116. The number of amides is 1. The Hall–Kier alpha value is -2.38. The van der Waals surface area contributed by atoms with Crippen molar-refractivity contribution in [3.63, 3.8) is 0 Å². The molecule has 1 fully saturated rings. The molecular formula is C18H23N3O4. The van der Waals surface area contributed by atoms with Crippen LogP contribution in [0.1, 0.15) is 30.2 Å². The number of aliphatic hydroxyl groups is 1. The second-order valence-corrected chi connectivity index (χ2v) is 6.30. The van der Waals surface area contributed by atoms with E-state index >= 15 is 0 Å². The summed E-state index contributed by atoms with van der Waals surface area (Å²) in [5.74, 6) is 1.74. The van der Waals surface area contributed by atoms with E-state index in [0.29, 0.717) is 37.5 Å². The second kappa shape index (κ2) is 7.67. The number of benzene rings is 1. The highest BCUT2D eigenvalue weighted by Crippen LogP contribution is 2.33. The molecule has 134 valence electrons. The van der Waals surface area contributed by atoms with Gasteiger partial charge in [-0.3, -0.25) is 9.69 Å². The van der Waals surface area contributed by atoms with Crippen molar-refractivity contribution in [3.8, 4) is 5.75 Å². The number of methoxy groups -OCH3 is 1. The fraction of sp³-hybridized carbons (Fsp3) is 0.444. The fourth-order valence-corrected chi connectivity index (χ4v) is 3.20. The summed E-state index contributed by atoms with van der Waals surface area (Å²) in [5.41, 5.74) is 1.09. The van der Waals surface area contributed by atoms with Crippen LogP contribution in [-0.4, -0.2) is 47.4 Å². The van der Waals surface area contributed by atoms with Crippen molar-refractivity contribution in [3.05, 3.63) is 41.7 Å². The van der Waals surface area contributed by atoms with Gasteiger partial charge in [0.25, 0.3) is 0 Å². The molecule has 1 aromatic heterocycles. The molecule has 25 heavy (non-hydrogen) atoms. The highest BCUT2D eigenvalue weighted by molar-refractivity contribution is 5.89. The van der Waals surface area contributed by atoms with Crippen LogP contribution in [0.15, 0.2) is 34.9 Å². The summed E-state index contributed by atoms with van der Waals surface area (Å²) in [6.07, 6.45) is 0.577. The number of hydrogen-bond acceptors (Lipinski definition) is 6. The average molecular weight is 345 g/mol. The van der Waals surface area contributed by atoms with Gasteiger partial charge in [0.15, 0.2) is 5.82 Å². The molecule has 2 unspecified atom stereocenters. The van der Waals surface area contributed by atoms with Crippen molar-refractivity contribution >= 4 is 11.7 Å². The summed E-state index contributed by atoms with van der Waals surface area (Å²) >= 11 is 0. The topological polar surface area (TPSA) is 87.8 Å². The van der Waals surface area contributed by atoms with E-state index in [0.717, 1.165) is 11.3 Å². The van der Waals surface area contributed by atoms with Gasteiger partial charge in [-0.05, 0) is 31.0 Å². The van der Waals surface area contributed by atoms with E-state index in [9.17, 15) is 9.90 Å². The van der Waals surface area contributed by atoms with Crippen molar-refractivity contribution in [2.75, 3.05) is 25.5 Å². The number of aromatic nitrogens is 1. The van der Waals surface area contributed by atoms with Gasteiger partial charge in [0.1, 0.15) is 11.5 Å². The molecule has 1 aliphatic rings. The average Bonchev–Trinajstić information content (AvgIpc) is 3.18. The maximum atomic E-state index is 12.1. The molecule has 1 saturated heterocycles. The Balaban J connectivity index is 1.60. The van der Waals surface area contributed by atoms with Gasteiger partial charge in [-0.15, -0.1) is 0 Å². The second-order valence-electron chi connectivity index (χ2n) is 6.30. The Morgan fingerprint density at radius 1 is 1.48 bits per heavy atom. The maximum absolute atomic E-state index is 12.1. The number of aryl methyl sites for hydroxylation is 1. The third kappa shape index (κ3) is 4.37. The summed E-state index contributed by atoms with van der Waals surface area (Å²) in [6.45, 7) is 2.88. The van der Waals surface area contributed by atoms with Gasteiger partial charge in [-0.1, -0.05) is 17.3 Å². The van der Waals surface area contributed by atoms with E-state index in [1.165, 1.54) is 0 Å². The standard InChI is InChI=1S/C18H23N3O4/c1-12-8-17(20-25-12)19-18(23)6-7-21-11-14(22)10-16(21)13-4-3-5-15(9-13)24-2/h3-5,8-9,14,16,22H,6-7,10-11H2,1-2H3,(H,19,20,23). The summed E-state index contributed by atoms with van der Waals surface area (Å²) in [4.78, 5) is 14.2. The molecule has 2 aromatic rings. The molecule has 7 heteroatoms. The van der Waals surface area contributed by atoms with Crippen molar-refractivity contribution in [1.29, 1.82) is 0 Å². The molecule has 0 saturated carbocycles. The smallest absolute Gasteiger partial charge is 0.226 e. The van der Waals surface area contributed by atoms with Gasteiger partial charge < -0.3 is 19.7 Å². The number of ether oxygens (including phenoxy) is 1. The third-order valence-electron chi connectivity index (χ3n) is 4.38. The van der Waals surface area contributed by atoms with Gasteiger partial charge in [0.05, 0.1) is 13.2 Å². The van der Waals surface area contributed by atoms with Crippen LogP contribution in [-0.2, 0) is 4.79 Å². The molecule has 2 N–H and O–H groups in total.